The van der Waals surface area contributed by atoms with Gasteiger partial charge in [0.05, 0.1) is 29.3 Å². The van der Waals surface area contributed by atoms with Gasteiger partial charge in [0.15, 0.2) is 0 Å². The van der Waals surface area contributed by atoms with Gasteiger partial charge >= 0.3 is 0 Å². The average Bonchev–Trinajstić information content (AvgIpc) is 2.87. The van der Waals surface area contributed by atoms with Gasteiger partial charge in [0, 0.05) is 5.92 Å². The summed E-state index contributed by atoms with van der Waals surface area (Å²) in [6.07, 6.45) is 2.71. The summed E-state index contributed by atoms with van der Waals surface area (Å²) in [6, 6.07) is 8.49. The Morgan fingerprint density at radius 3 is 3.21 bits per heavy atom. The molecule has 3 rings (SSSR count). The van der Waals surface area contributed by atoms with Crippen LogP contribution in [0.5, 0.6) is 0 Å². The average molecular weight is 183 g/mol. The molecule has 0 radical (unpaired) electrons. The summed E-state index contributed by atoms with van der Waals surface area (Å²) in [6.45, 7) is 0. The minimum absolute atomic E-state index is 0.232. The highest BCUT2D eigenvalue weighted by Gasteiger charge is 2.38. The van der Waals surface area contributed by atoms with Crippen molar-refractivity contribution >= 4 is 11.0 Å². The minimum atomic E-state index is 0.232. The lowest BCUT2D eigenvalue weighted by Gasteiger charge is -1.96. The SMILES string of the molecule is N#CC1CC1c1ccc2nc[nH]c2c1. The van der Waals surface area contributed by atoms with Crippen LogP contribution in [0.15, 0.2) is 24.5 Å². The van der Waals surface area contributed by atoms with E-state index in [-0.39, 0.29) is 5.92 Å². The monoisotopic (exact) mass is 183 g/mol. The molecule has 1 N–H and O–H groups in total. The number of rotatable bonds is 1. The Balaban J connectivity index is 2.03. The molecule has 3 heteroatoms. The lowest BCUT2D eigenvalue weighted by molar-refractivity contribution is 1.02. The molecular weight excluding hydrogens is 174 g/mol. The van der Waals surface area contributed by atoms with Crippen molar-refractivity contribution in [2.24, 2.45) is 5.92 Å². The minimum Gasteiger partial charge on any atom is -0.345 e. The van der Waals surface area contributed by atoms with Crippen molar-refractivity contribution in [2.75, 3.05) is 0 Å². The van der Waals surface area contributed by atoms with Gasteiger partial charge in [0.25, 0.3) is 0 Å². The maximum atomic E-state index is 8.74. The second kappa shape index (κ2) is 2.58. The van der Waals surface area contributed by atoms with Crippen LogP contribution in [-0.4, -0.2) is 9.97 Å². The zero-order valence-electron chi connectivity index (χ0n) is 7.57. The molecule has 1 fully saturated rings. The first-order valence-electron chi connectivity index (χ1n) is 4.71. The van der Waals surface area contributed by atoms with E-state index in [0.29, 0.717) is 5.92 Å². The summed E-state index contributed by atoms with van der Waals surface area (Å²) >= 11 is 0. The molecule has 0 saturated heterocycles. The van der Waals surface area contributed by atoms with E-state index in [4.69, 9.17) is 5.26 Å². The van der Waals surface area contributed by atoms with Crippen molar-refractivity contribution in [1.29, 1.82) is 5.26 Å². The number of hydrogen-bond donors (Lipinski definition) is 1. The van der Waals surface area contributed by atoms with Gasteiger partial charge in [-0.15, -0.1) is 0 Å². The van der Waals surface area contributed by atoms with E-state index in [9.17, 15) is 0 Å². The summed E-state index contributed by atoms with van der Waals surface area (Å²) in [5.41, 5.74) is 3.31. The first kappa shape index (κ1) is 7.57. The van der Waals surface area contributed by atoms with E-state index < -0.39 is 0 Å². The fourth-order valence-electron chi connectivity index (χ4n) is 1.89. The summed E-state index contributed by atoms with van der Waals surface area (Å²) < 4.78 is 0. The van der Waals surface area contributed by atoms with E-state index in [1.807, 2.05) is 6.07 Å². The fourth-order valence-corrected chi connectivity index (χ4v) is 1.89. The van der Waals surface area contributed by atoms with E-state index in [1.54, 1.807) is 6.33 Å². The molecule has 1 saturated carbocycles. The molecule has 1 aromatic carbocycles. The molecular formula is C11H9N3. The number of aromatic amines is 1. The Kier molecular flexibility index (Phi) is 1.40. The first-order valence-corrected chi connectivity index (χ1v) is 4.71. The first-order chi connectivity index (χ1) is 6.88. The standard InChI is InChI=1S/C11H9N3/c12-5-8-3-9(8)7-1-2-10-11(4-7)14-6-13-10/h1-2,4,6,8-9H,3H2,(H,13,14). The highest BCUT2D eigenvalue weighted by Crippen LogP contribution is 2.47. The van der Waals surface area contributed by atoms with Gasteiger partial charge in [-0.25, -0.2) is 4.98 Å². The van der Waals surface area contributed by atoms with Crippen molar-refractivity contribution in [3.05, 3.63) is 30.1 Å². The summed E-state index contributed by atoms with van der Waals surface area (Å²) in [5.74, 6) is 0.683. The molecule has 0 bridgehead atoms. The molecule has 2 atom stereocenters. The van der Waals surface area contributed by atoms with Crippen LogP contribution in [0, 0.1) is 17.2 Å². The number of nitrogens with one attached hydrogen (secondary N) is 1. The number of hydrogen-bond acceptors (Lipinski definition) is 2. The van der Waals surface area contributed by atoms with Crippen molar-refractivity contribution in [3.63, 3.8) is 0 Å². The maximum absolute atomic E-state index is 8.74. The van der Waals surface area contributed by atoms with Crippen molar-refractivity contribution < 1.29 is 0 Å². The lowest BCUT2D eigenvalue weighted by Crippen LogP contribution is -1.81. The number of nitriles is 1. The highest BCUT2D eigenvalue weighted by atomic mass is 14.9. The number of H-pyrrole nitrogens is 1. The molecule has 2 aromatic rings. The topological polar surface area (TPSA) is 52.5 Å². The Morgan fingerprint density at radius 2 is 2.43 bits per heavy atom. The maximum Gasteiger partial charge on any atom is 0.0931 e. The molecule has 68 valence electrons. The summed E-state index contributed by atoms with van der Waals surface area (Å²) in [4.78, 5) is 7.24. The van der Waals surface area contributed by atoms with E-state index in [1.165, 1.54) is 5.56 Å². The largest absolute Gasteiger partial charge is 0.345 e. The summed E-state index contributed by atoms with van der Waals surface area (Å²) in [5, 5.41) is 8.74. The third-order valence-corrected chi connectivity index (χ3v) is 2.83. The molecule has 1 aromatic heterocycles. The Labute approximate surface area is 81.4 Å². The normalized spacial score (nSPS) is 24.8. The molecule has 14 heavy (non-hydrogen) atoms. The molecule has 1 aliphatic carbocycles. The Hall–Kier alpha value is -1.82. The molecule has 1 heterocycles. The van der Waals surface area contributed by atoms with Crippen molar-refractivity contribution in [1.82, 2.24) is 9.97 Å². The Morgan fingerprint density at radius 1 is 1.50 bits per heavy atom. The lowest BCUT2D eigenvalue weighted by atomic mass is 10.1. The van der Waals surface area contributed by atoms with Gasteiger partial charge in [-0.1, -0.05) is 6.07 Å². The second-order valence-electron chi connectivity index (χ2n) is 3.76. The van der Waals surface area contributed by atoms with Crippen molar-refractivity contribution in [2.45, 2.75) is 12.3 Å². The predicted molar refractivity (Wildman–Crippen MR) is 52.6 cm³/mol. The molecule has 1 aliphatic rings. The van der Waals surface area contributed by atoms with Gasteiger partial charge < -0.3 is 4.98 Å². The third-order valence-electron chi connectivity index (χ3n) is 2.83. The van der Waals surface area contributed by atoms with Gasteiger partial charge in [-0.3, -0.25) is 0 Å². The van der Waals surface area contributed by atoms with Gasteiger partial charge in [0.1, 0.15) is 0 Å². The molecule has 0 spiro atoms. The summed E-state index contributed by atoms with van der Waals surface area (Å²) in [7, 11) is 0. The fraction of sp³-hybridized carbons (Fsp3) is 0.273. The quantitative estimate of drug-likeness (QED) is 0.736. The van der Waals surface area contributed by atoms with Crippen LogP contribution in [0.1, 0.15) is 17.9 Å². The van der Waals surface area contributed by atoms with Gasteiger partial charge in [-0.2, -0.15) is 5.26 Å². The van der Waals surface area contributed by atoms with Crippen LogP contribution in [0.25, 0.3) is 11.0 Å². The highest BCUT2D eigenvalue weighted by molar-refractivity contribution is 5.75. The van der Waals surface area contributed by atoms with Gasteiger partial charge in [0.2, 0.25) is 0 Å². The van der Waals surface area contributed by atoms with Crippen LogP contribution in [0.2, 0.25) is 0 Å². The van der Waals surface area contributed by atoms with E-state index in [0.717, 1.165) is 17.5 Å². The number of aromatic nitrogens is 2. The third kappa shape index (κ3) is 1.01. The van der Waals surface area contributed by atoms with Crippen molar-refractivity contribution in [3.8, 4) is 6.07 Å². The molecule has 3 nitrogen and oxygen atoms in total. The molecule has 0 aliphatic heterocycles. The zero-order valence-corrected chi connectivity index (χ0v) is 7.57. The van der Waals surface area contributed by atoms with Crippen LogP contribution < -0.4 is 0 Å². The van der Waals surface area contributed by atoms with E-state index >= 15 is 0 Å². The van der Waals surface area contributed by atoms with Crippen LogP contribution >= 0.6 is 0 Å². The van der Waals surface area contributed by atoms with E-state index in [2.05, 4.69) is 28.2 Å². The Bertz CT molecular complexity index is 521. The number of fused-ring (bicyclic) bond motifs is 1. The molecule has 2 unspecified atom stereocenters. The number of nitrogens with zero attached hydrogens (tertiary/aromatic N) is 2. The zero-order chi connectivity index (χ0) is 9.54. The molecule has 0 amide bonds. The van der Waals surface area contributed by atoms with Crippen LogP contribution in [0.3, 0.4) is 0 Å². The smallest absolute Gasteiger partial charge is 0.0931 e. The number of benzene rings is 1. The van der Waals surface area contributed by atoms with Crippen LogP contribution in [-0.2, 0) is 0 Å². The predicted octanol–water partition coefficient (Wildman–Crippen LogP) is 2.19. The number of imidazole rings is 1. The second-order valence-corrected chi connectivity index (χ2v) is 3.76. The van der Waals surface area contributed by atoms with Gasteiger partial charge in [-0.05, 0) is 24.1 Å². The van der Waals surface area contributed by atoms with Crippen LogP contribution in [0.4, 0.5) is 0 Å².